The van der Waals surface area contributed by atoms with Crippen LogP contribution in [0.5, 0.6) is 5.75 Å². The second-order valence-corrected chi connectivity index (χ2v) is 7.72. The van der Waals surface area contributed by atoms with Crippen molar-refractivity contribution in [3.8, 4) is 5.75 Å². The Morgan fingerprint density at radius 1 is 1.16 bits per heavy atom. The van der Waals surface area contributed by atoms with E-state index in [0.29, 0.717) is 0 Å². The van der Waals surface area contributed by atoms with E-state index >= 15 is 0 Å². The SMILES string of the molecule is COC(=O)c1cc(NC(=O)[C@@H]2OC(C)(C)[C@@H](OC)[C@H]2c2ccc(F)c(F)c2OC)ccn1. The van der Waals surface area contributed by atoms with Crippen LogP contribution < -0.4 is 10.1 Å². The van der Waals surface area contributed by atoms with Gasteiger partial charge in [0, 0.05) is 24.6 Å². The minimum atomic E-state index is -1.17. The average Bonchev–Trinajstić information content (AvgIpc) is 3.05. The van der Waals surface area contributed by atoms with Gasteiger partial charge in [-0.05, 0) is 32.0 Å². The van der Waals surface area contributed by atoms with Crippen LogP contribution in [0, 0.1) is 11.6 Å². The van der Waals surface area contributed by atoms with Gasteiger partial charge in [-0.1, -0.05) is 6.07 Å². The van der Waals surface area contributed by atoms with Gasteiger partial charge in [-0.3, -0.25) is 4.79 Å². The number of hydrogen-bond acceptors (Lipinski definition) is 7. The number of carbonyl (C=O) groups excluding carboxylic acids is 2. The summed E-state index contributed by atoms with van der Waals surface area (Å²) in [7, 11) is 3.87. The van der Waals surface area contributed by atoms with Gasteiger partial charge in [0.25, 0.3) is 5.91 Å². The lowest BCUT2D eigenvalue weighted by Gasteiger charge is -2.28. The van der Waals surface area contributed by atoms with Gasteiger partial charge in [-0.15, -0.1) is 0 Å². The fourth-order valence-electron chi connectivity index (χ4n) is 3.99. The molecule has 0 unspecified atom stereocenters. The van der Waals surface area contributed by atoms with Crippen molar-refractivity contribution in [2.24, 2.45) is 0 Å². The Bertz CT molecular complexity index is 1030. The number of carbonyl (C=O) groups is 2. The van der Waals surface area contributed by atoms with Gasteiger partial charge < -0.3 is 24.3 Å². The number of amides is 1. The molecule has 2 heterocycles. The topological polar surface area (TPSA) is 96.0 Å². The maximum atomic E-state index is 14.4. The minimum Gasteiger partial charge on any atom is -0.493 e. The van der Waals surface area contributed by atoms with Crippen molar-refractivity contribution in [1.29, 1.82) is 0 Å². The number of nitrogens with one attached hydrogen (secondary N) is 1. The fraction of sp³-hybridized carbons (Fsp3) is 0.409. The van der Waals surface area contributed by atoms with Gasteiger partial charge in [-0.2, -0.15) is 4.39 Å². The standard InChI is InChI=1S/C22H24F2N2O6/c1-22(2)19(30-4)15(12-6-7-13(23)16(24)17(12)29-3)18(32-22)20(27)26-11-8-9-25-14(10-11)21(28)31-5/h6-10,15,18-19H,1-5H3,(H,25,26,27)/t15-,18+,19-/m0/s1. The van der Waals surface area contributed by atoms with Gasteiger partial charge in [0.15, 0.2) is 11.6 Å². The molecular formula is C22H24F2N2O6. The lowest BCUT2D eigenvalue weighted by Crippen LogP contribution is -2.36. The molecule has 3 atom stereocenters. The Hall–Kier alpha value is -3.11. The van der Waals surface area contributed by atoms with Crippen LogP contribution in [0.4, 0.5) is 14.5 Å². The molecule has 1 aromatic heterocycles. The van der Waals surface area contributed by atoms with Gasteiger partial charge >= 0.3 is 5.97 Å². The Kier molecular flexibility index (Phi) is 6.75. The summed E-state index contributed by atoms with van der Waals surface area (Å²) in [5.74, 6) is -4.62. The van der Waals surface area contributed by atoms with Crippen molar-refractivity contribution in [3.63, 3.8) is 0 Å². The van der Waals surface area contributed by atoms with E-state index in [1.165, 1.54) is 45.7 Å². The van der Waals surface area contributed by atoms with Gasteiger partial charge in [0.2, 0.25) is 5.82 Å². The summed E-state index contributed by atoms with van der Waals surface area (Å²) < 4.78 is 49.6. The van der Waals surface area contributed by atoms with Crippen LogP contribution in [0.1, 0.15) is 35.8 Å². The number of halogens is 2. The summed E-state index contributed by atoms with van der Waals surface area (Å²) >= 11 is 0. The van der Waals surface area contributed by atoms with E-state index < -0.39 is 47.2 Å². The van der Waals surface area contributed by atoms with Crippen LogP contribution in [0.3, 0.4) is 0 Å². The zero-order valence-corrected chi connectivity index (χ0v) is 18.3. The van der Waals surface area contributed by atoms with Crippen LogP contribution in [0.15, 0.2) is 30.5 Å². The number of hydrogen-bond donors (Lipinski definition) is 1. The second-order valence-electron chi connectivity index (χ2n) is 7.72. The lowest BCUT2D eigenvalue weighted by atomic mass is 9.83. The predicted octanol–water partition coefficient (Wildman–Crippen LogP) is 3.07. The first-order chi connectivity index (χ1) is 15.1. The fourth-order valence-corrected chi connectivity index (χ4v) is 3.99. The molecule has 0 bridgehead atoms. The Morgan fingerprint density at radius 2 is 1.88 bits per heavy atom. The van der Waals surface area contributed by atoms with Crippen LogP contribution in [0.25, 0.3) is 0 Å². The van der Waals surface area contributed by atoms with E-state index in [0.717, 1.165) is 6.07 Å². The number of methoxy groups -OCH3 is 3. The molecule has 0 aliphatic carbocycles. The maximum Gasteiger partial charge on any atom is 0.356 e. The van der Waals surface area contributed by atoms with Gasteiger partial charge in [0.05, 0.1) is 31.8 Å². The van der Waals surface area contributed by atoms with E-state index in [4.69, 9.17) is 14.2 Å². The Morgan fingerprint density at radius 3 is 2.50 bits per heavy atom. The van der Waals surface area contributed by atoms with E-state index in [9.17, 15) is 18.4 Å². The molecule has 1 aliphatic rings. The molecule has 8 nitrogen and oxygen atoms in total. The van der Waals surface area contributed by atoms with Crippen molar-refractivity contribution in [2.75, 3.05) is 26.6 Å². The molecule has 1 amide bonds. The lowest BCUT2D eigenvalue weighted by molar-refractivity contribution is -0.132. The molecule has 0 radical (unpaired) electrons. The molecule has 172 valence electrons. The number of esters is 1. The molecule has 0 saturated carbocycles. The van der Waals surface area contributed by atoms with Gasteiger partial charge in [-0.25, -0.2) is 14.2 Å². The largest absolute Gasteiger partial charge is 0.493 e. The number of anilines is 1. The van der Waals surface area contributed by atoms with E-state index in [1.807, 2.05) is 0 Å². The van der Waals surface area contributed by atoms with Crippen molar-refractivity contribution in [2.45, 2.75) is 37.6 Å². The van der Waals surface area contributed by atoms with Crippen LogP contribution >= 0.6 is 0 Å². The van der Waals surface area contributed by atoms with Crippen LogP contribution in [-0.2, 0) is 19.0 Å². The maximum absolute atomic E-state index is 14.4. The first-order valence-corrected chi connectivity index (χ1v) is 9.72. The molecule has 1 saturated heterocycles. The van der Waals surface area contributed by atoms with E-state index in [1.54, 1.807) is 13.8 Å². The Balaban J connectivity index is 2.00. The zero-order valence-electron chi connectivity index (χ0n) is 18.3. The summed E-state index contributed by atoms with van der Waals surface area (Å²) in [6, 6.07) is 5.16. The molecule has 0 spiro atoms. The third kappa shape index (κ3) is 4.28. The van der Waals surface area contributed by atoms with Crippen LogP contribution in [-0.4, -0.2) is 56.0 Å². The predicted molar refractivity (Wildman–Crippen MR) is 110 cm³/mol. The smallest absolute Gasteiger partial charge is 0.356 e. The molecule has 10 heteroatoms. The summed E-state index contributed by atoms with van der Waals surface area (Å²) in [5, 5.41) is 2.67. The highest BCUT2D eigenvalue weighted by molar-refractivity contribution is 5.96. The first kappa shape index (κ1) is 23.6. The second kappa shape index (κ2) is 9.17. The van der Waals surface area contributed by atoms with E-state index in [-0.39, 0.29) is 22.7 Å². The average molecular weight is 450 g/mol. The van der Waals surface area contributed by atoms with Crippen LogP contribution in [0.2, 0.25) is 0 Å². The molecule has 32 heavy (non-hydrogen) atoms. The number of ether oxygens (including phenoxy) is 4. The highest BCUT2D eigenvalue weighted by Gasteiger charge is 2.54. The Labute approximate surface area is 183 Å². The van der Waals surface area contributed by atoms with Gasteiger partial charge in [0.1, 0.15) is 11.8 Å². The summed E-state index contributed by atoms with van der Waals surface area (Å²) in [4.78, 5) is 28.8. The van der Waals surface area contributed by atoms with Crippen molar-refractivity contribution < 1.29 is 37.3 Å². The number of benzene rings is 1. The molecule has 1 fully saturated rings. The van der Waals surface area contributed by atoms with E-state index in [2.05, 4.69) is 15.0 Å². The highest BCUT2D eigenvalue weighted by Crippen LogP contribution is 2.46. The summed E-state index contributed by atoms with van der Waals surface area (Å²) in [6.07, 6.45) is -0.474. The highest BCUT2D eigenvalue weighted by atomic mass is 19.2. The molecule has 3 rings (SSSR count). The number of rotatable bonds is 6. The minimum absolute atomic E-state index is 0.00608. The molecule has 2 aromatic rings. The summed E-state index contributed by atoms with van der Waals surface area (Å²) in [6.45, 7) is 3.46. The normalized spacial score (nSPS) is 21.8. The molecule has 1 N–H and O–H groups in total. The molecular weight excluding hydrogens is 426 g/mol. The number of pyridine rings is 1. The third-order valence-electron chi connectivity index (χ3n) is 5.35. The zero-order chi connectivity index (χ0) is 23.6. The quantitative estimate of drug-likeness (QED) is 0.676. The number of aromatic nitrogens is 1. The molecule has 1 aromatic carbocycles. The monoisotopic (exact) mass is 450 g/mol. The molecule has 1 aliphatic heterocycles. The van der Waals surface area contributed by atoms with Crippen molar-refractivity contribution >= 4 is 17.6 Å². The first-order valence-electron chi connectivity index (χ1n) is 9.72. The third-order valence-corrected chi connectivity index (χ3v) is 5.35. The van der Waals surface area contributed by atoms with Crippen molar-refractivity contribution in [3.05, 3.63) is 53.4 Å². The van der Waals surface area contributed by atoms with Crippen molar-refractivity contribution in [1.82, 2.24) is 4.98 Å². The number of nitrogens with zero attached hydrogens (tertiary/aromatic N) is 1. The summed E-state index contributed by atoms with van der Waals surface area (Å²) in [5.41, 5.74) is -0.420.